The Morgan fingerprint density at radius 3 is 1.56 bits per heavy atom. The fourth-order valence-corrected chi connectivity index (χ4v) is 3.18. The Morgan fingerprint density at radius 1 is 0.704 bits per heavy atom. The van der Waals surface area contributed by atoms with Gasteiger partial charge in [0.05, 0.1) is 20.6 Å². The van der Waals surface area contributed by atoms with E-state index in [2.05, 4.69) is 51.4 Å². The molecule has 0 aliphatic rings. The second-order valence-corrected chi connectivity index (χ2v) is 8.62. The molecule has 0 atom stereocenters. The first-order valence-corrected chi connectivity index (χ1v) is 11.3. The molecule has 0 saturated heterocycles. The van der Waals surface area contributed by atoms with Gasteiger partial charge in [0, 0.05) is 5.56 Å². The van der Waals surface area contributed by atoms with Gasteiger partial charge in [0.1, 0.15) is 6.54 Å². The van der Waals surface area contributed by atoms with Crippen molar-refractivity contribution in [2.75, 3.05) is 20.6 Å². The maximum absolute atomic E-state index is 8.49. The van der Waals surface area contributed by atoms with Crippen LogP contribution in [0.4, 0.5) is 0 Å². The van der Waals surface area contributed by atoms with Gasteiger partial charge in [0.15, 0.2) is 0 Å². The van der Waals surface area contributed by atoms with Crippen molar-refractivity contribution < 1.29 is 33.4 Å². The highest BCUT2D eigenvalue weighted by Gasteiger charge is 2.14. The molecule has 0 N–H and O–H groups in total. The third-order valence-corrected chi connectivity index (χ3v) is 4.57. The maximum atomic E-state index is 8.49. The number of quaternary nitrogens is 1. The molecule has 1 rings (SSSR count). The molecule has 0 aliphatic carbocycles. The van der Waals surface area contributed by atoms with Crippen molar-refractivity contribution >= 4 is 0 Å². The summed E-state index contributed by atoms with van der Waals surface area (Å²) in [5.41, 5.74) is 1.46. The molecule has 6 heteroatoms. The number of nitrogens with zero attached hydrogens (tertiary/aromatic N) is 1. The molecule has 0 fully saturated rings. The van der Waals surface area contributed by atoms with Crippen LogP contribution in [-0.2, 0) is 6.54 Å². The standard InChI is InChI=1S/C21H38N.ClHO4/c1-4-5-6-7-8-9-10-11-12-16-19-22(2,3)20-21-17-14-13-15-18-21;2-1(3,4)5/h13-15,17-18H,4-12,16,19-20H2,1-3H3;(H,2,3,4,5)/q+1;/p-1. The molecule has 158 valence electrons. The summed E-state index contributed by atoms with van der Waals surface area (Å²) in [6.07, 6.45) is 14.2. The minimum atomic E-state index is -4.94. The number of hydrogen-bond acceptors (Lipinski definition) is 4. The molecule has 0 spiro atoms. The number of halogens is 1. The van der Waals surface area contributed by atoms with E-state index in [-0.39, 0.29) is 0 Å². The first-order chi connectivity index (χ1) is 12.6. The van der Waals surface area contributed by atoms with E-state index in [1.54, 1.807) is 0 Å². The largest absolute Gasteiger partial charge is 0.325 e. The van der Waals surface area contributed by atoms with Crippen LogP contribution in [0.15, 0.2) is 30.3 Å². The summed E-state index contributed by atoms with van der Waals surface area (Å²) >= 11 is 0. The predicted octanol–water partition coefficient (Wildman–Crippen LogP) is 1.43. The molecule has 0 heterocycles. The van der Waals surface area contributed by atoms with Crippen LogP contribution in [0.3, 0.4) is 0 Å². The van der Waals surface area contributed by atoms with E-state index < -0.39 is 10.2 Å². The zero-order valence-electron chi connectivity index (χ0n) is 17.3. The molecule has 0 bridgehead atoms. The molecule has 0 aromatic heterocycles. The summed E-state index contributed by atoms with van der Waals surface area (Å²) < 4.78 is 35.1. The minimum absolute atomic E-state index is 1.11. The molecular weight excluding hydrogens is 366 g/mol. The fraction of sp³-hybridized carbons (Fsp3) is 0.714. The summed E-state index contributed by atoms with van der Waals surface area (Å²) in [6, 6.07) is 10.9. The van der Waals surface area contributed by atoms with Crippen molar-refractivity contribution in [3.05, 3.63) is 35.9 Å². The fourth-order valence-electron chi connectivity index (χ4n) is 3.18. The van der Waals surface area contributed by atoms with Crippen molar-refractivity contribution in [3.8, 4) is 0 Å². The molecule has 5 nitrogen and oxygen atoms in total. The summed E-state index contributed by atoms with van der Waals surface area (Å²) in [6.45, 7) is 4.74. The van der Waals surface area contributed by atoms with Gasteiger partial charge in [-0.05, 0) is 12.8 Å². The van der Waals surface area contributed by atoms with Gasteiger partial charge in [-0.1, -0.05) is 88.6 Å². The van der Waals surface area contributed by atoms with Gasteiger partial charge in [-0.2, -0.15) is 0 Å². The molecule has 0 radical (unpaired) electrons. The Kier molecular flexibility index (Phi) is 14.9. The lowest BCUT2D eigenvalue weighted by atomic mass is 10.1. The third kappa shape index (κ3) is 21.5. The molecule has 1 aromatic carbocycles. The van der Waals surface area contributed by atoms with Crippen LogP contribution in [0, 0.1) is 10.2 Å². The summed E-state index contributed by atoms with van der Waals surface area (Å²) in [4.78, 5) is 0. The van der Waals surface area contributed by atoms with Gasteiger partial charge in [0.2, 0.25) is 0 Å². The SMILES string of the molecule is CCCCCCCCCCCC[N+](C)(C)Cc1ccccc1.[O-][Cl+3]([O-])([O-])[O-]. The number of benzene rings is 1. The van der Waals surface area contributed by atoms with Gasteiger partial charge >= 0.3 is 0 Å². The van der Waals surface area contributed by atoms with E-state index in [0.717, 1.165) is 11.0 Å². The quantitative estimate of drug-likeness (QED) is 0.368. The van der Waals surface area contributed by atoms with E-state index in [4.69, 9.17) is 18.6 Å². The van der Waals surface area contributed by atoms with Crippen molar-refractivity contribution in [1.29, 1.82) is 0 Å². The van der Waals surface area contributed by atoms with Crippen LogP contribution in [0.1, 0.15) is 76.7 Å². The zero-order chi connectivity index (χ0) is 20.6. The Bertz CT molecular complexity index is 443. The second-order valence-electron chi connectivity index (χ2n) is 7.86. The van der Waals surface area contributed by atoms with Gasteiger partial charge in [-0.15, -0.1) is 10.2 Å². The average Bonchev–Trinajstić information content (AvgIpc) is 2.55. The monoisotopic (exact) mass is 403 g/mol. The molecule has 0 aliphatic heterocycles. The number of unbranched alkanes of at least 4 members (excludes halogenated alkanes) is 9. The number of hydrogen-bond donors (Lipinski definition) is 0. The molecule has 0 saturated carbocycles. The second kappa shape index (κ2) is 15.3. The highest BCUT2D eigenvalue weighted by molar-refractivity contribution is 5.13. The van der Waals surface area contributed by atoms with Crippen LogP contribution in [-0.4, -0.2) is 25.1 Å². The first kappa shape index (κ1) is 26.3. The van der Waals surface area contributed by atoms with E-state index >= 15 is 0 Å². The van der Waals surface area contributed by atoms with Crippen LogP contribution >= 0.6 is 0 Å². The van der Waals surface area contributed by atoms with Crippen LogP contribution in [0.25, 0.3) is 0 Å². The van der Waals surface area contributed by atoms with E-state index in [1.807, 2.05) is 0 Å². The summed E-state index contributed by atoms with van der Waals surface area (Å²) in [5.74, 6) is 0. The van der Waals surface area contributed by atoms with E-state index in [1.165, 1.54) is 76.3 Å². The van der Waals surface area contributed by atoms with Crippen molar-refractivity contribution in [3.63, 3.8) is 0 Å². The molecule has 0 amide bonds. The van der Waals surface area contributed by atoms with Crippen molar-refractivity contribution in [1.82, 2.24) is 0 Å². The molecule has 0 unspecified atom stereocenters. The Labute approximate surface area is 168 Å². The van der Waals surface area contributed by atoms with Gasteiger partial charge in [-0.25, -0.2) is 18.6 Å². The zero-order valence-corrected chi connectivity index (χ0v) is 18.1. The third-order valence-electron chi connectivity index (χ3n) is 4.57. The van der Waals surface area contributed by atoms with Crippen LogP contribution in [0.2, 0.25) is 0 Å². The Balaban J connectivity index is 0.00000119. The summed E-state index contributed by atoms with van der Waals surface area (Å²) in [5, 5.41) is 0. The van der Waals surface area contributed by atoms with E-state index in [0.29, 0.717) is 0 Å². The van der Waals surface area contributed by atoms with E-state index in [9.17, 15) is 0 Å². The summed E-state index contributed by atoms with van der Waals surface area (Å²) in [7, 11) is -0.221. The Hall–Kier alpha value is -0.690. The minimum Gasteiger partial charge on any atom is -0.325 e. The number of rotatable bonds is 13. The lowest BCUT2D eigenvalue weighted by Gasteiger charge is -2.30. The molecule has 1 aromatic rings. The lowest BCUT2D eigenvalue weighted by molar-refractivity contribution is -2.00. The highest BCUT2D eigenvalue weighted by Crippen LogP contribution is 2.13. The average molecular weight is 404 g/mol. The van der Waals surface area contributed by atoms with Gasteiger partial charge in [-0.3, -0.25) is 0 Å². The van der Waals surface area contributed by atoms with Crippen molar-refractivity contribution in [2.45, 2.75) is 77.7 Å². The van der Waals surface area contributed by atoms with Crippen LogP contribution in [0.5, 0.6) is 0 Å². The maximum Gasteiger partial charge on any atom is 0.104 e. The Morgan fingerprint density at radius 2 is 1.11 bits per heavy atom. The van der Waals surface area contributed by atoms with Crippen molar-refractivity contribution in [2.24, 2.45) is 0 Å². The predicted molar refractivity (Wildman–Crippen MR) is 99.0 cm³/mol. The highest BCUT2D eigenvalue weighted by atomic mass is 35.7. The van der Waals surface area contributed by atoms with Gasteiger partial charge in [0.25, 0.3) is 0 Å². The smallest absolute Gasteiger partial charge is 0.104 e. The van der Waals surface area contributed by atoms with Gasteiger partial charge < -0.3 is 4.48 Å². The topological polar surface area (TPSA) is 92.2 Å². The normalized spacial score (nSPS) is 11.8. The molecule has 27 heavy (non-hydrogen) atoms. The first-order valence-electron chi connectivity index (χ1n) is 10.1. The van der Waals surface area contributed by atoms with Crippen LogP contribution < -0.4 is 18.6 Å². The molecular formula is C21H38ClNO4. The lowest BCUT2D eigenvalue weighted by Crippen LogP contribution is -2.68.